The molecule has 1 rings (SSSR count). The van der Waals surface area contributed by atoms with Crippen molar-refractivity contribution in [3.8, 4) is 0 Å². The Balaban J connectivity index is 3.15. The molecule has 0 aliphatic heterocycles. The van der Waals surface area contributed by atoms with Crippen LogP contribution in [0.25, 0.3) is 0 Å². The van der Waals surface area contributed by atoms with E-state index in [1.807, 2.05) is 32.7 Å². The van der Waals surface area contributed by atoms with Gasteiger partial charge in [-0.2, -0.15) is 4.98 Å². The van der Waals surface area contributed by atoms with E-state index in [1.165, 1.54) is 0 Å². The van der Waals surface area contributed by atoms with Gasteiger partial charge in [0.1, 0.15) is 5.82 Å². The summed E-state index contributed by atoms with van der Waals surface area (Å²) in [5, 5.41) is 9.24. The summed E-state index contributed by atoms with van der Waals surface area (Å²) in [5.41, 5.74) is -0.201. The lowest BCUT2D eigenvalue weighted by Crippen LogP contribution is -2.44. The third-order valence-electron chi connectivity index (χ3n) is 2.87. The maximum Gasteiger partial charge on any atom is 0.305 e. The fraction of sp³-hybridized carbons (Fsp3) is 0.583. The largest absolute Gasteiger partial charge is 0.481 e. The molecule has 0 aliphatic carbocycles. The normalized spacial score (nSPS) is 13.2. The van der Waals surface area contributed by atoms with E-state index >= 15 is 0 Å². The van der Waals surface area contributed by atoms with Crippen LogP contribution in [-0.2, 0) is 4.79 Å². The molecule has 7 heteroatoms. The van der Waals surface area contributed by atoms with Crippen LogP contribution in [0.5, 0.6) is 0 Å². The van der Waals surface area contributed by atoms with Crippen LogP contribution in [0.3, 0.4) is 0 Å². The molecule has 0 saturated carbocycles. The van der Waals surface area contributed by atoms with Gasteiger partial charge in [0.15, 0.2) is 0 Å². The number of carboxylic acids is 1. The maximum atomic E-state index is 11.1. The van der Waals surface area contributed by atoms with Gasteiger partial charge in [-0.25, -0.2) is 4.98 Å². The number of aliphatic carboxylic acids is 1. The lowest BCUT2D eigenvalue weighted by atomic mass is 9.84. The highest BCUT2D eigenvalue weighted by molar-refractivity contribution is 14.1. The number of hydrogen-bond acceptors (Lipinski definition) is 4. The average Bonchev–Trinajstić information content (AvgIpc) is 2.26. The van der Waals surface area contributed by atoms with Crippen LogP contribution in [0.15, 0.2) is 6.20 Å². The molecule has 106 valence electrons. The van der Waals surface area contributed by atoms with E-state index in [9.17, 15) is 4.79 Å². The first kappa shape index (κ1) is 16.4. The minimum atomic E-state index is -0.832. The Bertz CT molecular complexity index is 477. The Morgan fingerprint density at radius 1 is 1.58 bits per heavy atom. The van der Waals surface area contributed by atoms with Crippen molar-refractivity contribution in [3.63, 3.8) is 0 Å². The zero-order valence-corrected chi connectivity index (χ0v) is 14.2. The fourth-order valence-corrected chi connectivity index (χ4v) is 2.69. The molecule has 1 aromatic rings. The van der Waals surface area contributed by atoms with Gasteiger partial charge < -0.3 is 10.0 Å². The Morgan fingerprint density at radius 3 is 2.63 bits per heavy atom. The highest BCUT2D eigenvalue weighted by Crippen LogP contribution is 2.31. The molecule has 0 radical (unpaired) electrons. The van der Waals surface area contributed by atoms with Crippen LogP contribution in [0, 0.1) is 8.99 Å². The van der Waals surface area contributed by atoms with E-state index < -0.39 is 5.97 Å². The molecule has 1 aromatic heterocycles. The molecule has 19 heavy (non-hydrogen) atoms. The van der Waals surface area contributed by atoms with Crippen LogP contribution in [0.4, 0.5) is 5.82 Å². The van der Waals surface area contributed by atoms with Gasteiger partial charge in [0, 0.05) is 19.3 Å². The number of carbonyl (C=O) groups is 1. The summed E-state index contributed by atoms with van der Waals surface area (Å²) in [6.45, 7) is 6.02. The Kier molecular flexibility index (Phi) is 5.37. The summed E-state index contributed by atoms with van der Waals surface area (Å²) in [5.74, 6) is -0.177. The molecule has 0 bridgehead atoms. The van der Waals surface area contributed by atoms with Gasteiger partial charge in [-0.1, -0.05) is 20.8 Å². The lowest BCUT2D eigenvalue weighted by molar-refractivity contribution is -0.138. The van der Waals surface area contributed by atoms with Crippen molar-refractivity contribution < 1.29 is 9.90 Å². The lowest BCUT2D eigenvalue weighted by Gasteiger charge is -2.38. The van der Waals surface area contributed by atoms with Crippen LogP contribution in [-0.4, -0.2) is 34.1 Å². The predicted molar refractivity (Wildman–Crippen MR) is 83.7 cm³/mol. The monoisotopic (exact) mass is 397 g/mol. The van der Waals surface area contributed by atoms with Crippen molar-refractivity contribution in [1.29, 1.82) is 0 Å². The third-order valence-corrected chi connectivity index (χ3v) is 3.81. The zero-order valence-electron chi connectivity index (χ0n) is 11.3. The molecule has 0 spiro atoms. The molecule has 0 fully saturated rings. The highest BCUT2D eigenvalue weighted by Gasteiger charge is 2.32. The first-order valence-corrected chi connectivity index (χ1v) is 7.21. The molecule has 0 amide bonds. The second kappa shape index (κ2) is 6.21. The van der Waals surface area contributed by atoms with Crippen molar-refractivity contribution in [2.24, 2.45) is 5.41 Å². The smallest absolute Gasteiger partial charge is 0.305 e. The van der Waals surface area contributed by atoms with E-state index in [-0.39, 0.29) is 23.2 Å². The Hall–Kier alpha value is -0.630. The maximum absolute atomic E-state index is 11.1. The quantitative estimate of drug-likeness (QED) is 0.625. The van der Waals surface area contributed by atoms with E-state index in [4.69, 9.17) is 16.7 Å². The van der Waals surface area contributed by atoms with Crippen LogP contribution in [0.1, 0.15) is 27.2 Å². The third kappa shape index (κ3) is 4.45. The predicted octanol–water partition coefficient (Wildman–Crippen LogP) is 3.06. The van der Waals surface area contributed by atoms with E-state index in [0.717, 1.165) is 3.57 Å². The van der Waals surface area contributed by atoms with Crippen molar-refractivity contribution in [2.45, 2.75) is 33.2 Å². The SMILES string of the molecule is CN(c1nc(Cl)ncc1I)C(CC(=O)O)C(C)(C)C. The Labute approximate surface area is 131 Å². The van der Waals surface area contributed by atoms with Crippen LogP contribution >= 0.6 is 34.2 Å². The van der Waals surface area contributed by atoms with Gasteiger partial charge in [-0.15, -0.1) is 0 Å². The topological polar surface area (TPSA) is 66.3 Å². The van der Waals surface area contributed by atoms with Gasteiger partial charge in [0.25, 0.3) is 0 Å². The van der Waals surface area contributed by atoms with Crippen LogP contribution in [0.2, 0.25) is 5.28 Å². The second-order valence-electron chi connectivity index (χ2n) is 5.40. The first-order chi connectivity index (χ1) is 8.62. The highest BCUT2D eigenvalue weighted by atomic mass is 127. The standard InChI is InChI=1S/C12H17ClIN3O2/c1-12(2,3)8(5-9(18)19)17(4)10-7(14)6-15-11(13)16-10/h6,8H,5H2,1-4H3,(H,18,19). The molecule has 5 nitrogen and oxygen atoms in total. The average molecular weight is 398 g/mol. The van der Waals surface area contributed by atoms with E-state index in [0.29, 0.717) is 5.82 Å². The number of carboxylic acid groups (broad SMARTS) is 1. The molecule has 0 aromatic carbocycles. The van der Waals surface area contributed by atoms with E-state index in [2.05, 4.69) is 32.6 Å². The van der Waals surface area contributed by atoms with Gasteiger partial charge in [0.05, 0.1) is 9.99 Å². The summed E-state index contributed by atoms with van der Waals surface area (Å²) < 4.78 is 0.837. The number of aromatic nitrogens is 2. The Morgan fingerprint density at radius 2 is 2.16 bits per heavy atom. The molecule has 1 N–H and O–H groups in total. The molecule has 1 atom stereocenters. The van der Waals surface area contributed by atoms with Crippen molar-refractivity contribution >= 4 is 46.0 Å². The minimum absolute atomic E-state index is 0.0394. The fourth-order valence-electron chi connectivity index (χ4n) is 1.92. The van der Waals surface area contributed by atoms with Gasteiger partial charge in [-0.05, 0) is 39.6 Å². The number of anilines is 1. The molecular weight excluding hydrogens is 381 g/mol. The summed E-state index contributed by atoms with van der Waals surface area (Å²) in [6, 6.07) is -0.190. The summed E-state index contributed by atoms with van der Waals surface area (Å²) in [6.07, 6.45) is 1.67. The van der Waals surface area contributed by atoms with Gasteiger partial charge >= 0.3 is 5.97 Å². The first-order valence-electron chi connectivity index (χ1n) is 5.75. The number of nitrogens with zero attached hydrogens (tertiary/aromatic N) is 3. The molecule has 0 saturated heterocycles. The number of hydrogen-bond donors (Lipinski definition) is 1. The van der Waals surface area contributed by atoms with Gasteiger partial charge in [0.2, 0.25) is 5.28 Å². The number of halogens is 2. The van der Waals surface area contributed by atoms with E-state index in [1.54, 1.807) is 6.20 Å². The summed E-state index contributed by atoms with van der Waals surface area (Å²) in [7, 11) is 1.83. The van der Waals surface area contributed by atoms with Crippen LogP contribution < -0.4 is 4.90 Å². The molecule has 1 unspecified atom stereocenters. The van der Waals surface area contributed by atoms with Crippen molar-refractivity contribution in [3.05, 3.63) is 15.1 Å². The minimum Gasteiger partial charge on any atom is -0.481 e. The number of rotatable bonds is 4. The molecule has 0 aliphatic rings. The summed E-state index contributed by atoms with van der Waals surface area (Å²) in [4.78, 5) is 21.0. The second-order valence-corrected chi connectivity index (χ2v) is 6.90. The summed E-state index contributed by atoms with van der Waals surface area (Å²) >= 11 is 7.93. The van der Waals surface area contributed by atoms with Crippen molar-refractivity contribution in [2.75, 3.05) is 11.9 Å². The molecular formula is C12H17ClIN3O2. The zero-order chi connectivity index (χ0) is 14.8. The van der Waals surface area contributed by atoms with Gasteiger partial charge in [-0.3, -0.25) is 4.79 Å². The molecule has 1 heterocycles. The van der Waals surface area contributed by atoms with Crippen molar-refractivity contribution in [1.82, 2.24) is 9.97 Å².